The number of hydrogen-bond acceptors (Lipinski definition) is 0. The Labute approximate surface area is 170 Å². The van der Waals surface area contributed by atoms with Crippen molar-refractivity contribution in [3.8, 4) is 22.4 Å². The van der Waals surface area contributed by atoms with Gasteiger partial charge in [0.2, 0.25) is 5.69 Å². The zero-order chi connectivity index (χ0) is 20.2. The molecule has 0 atom stereocenters. The first kappa shape index (κ1) is 18.9. The quantitative estimate of drug-likeness (QED) is 0.366. The average Bonchev–Trinajstić information content (AvgIpc) is 2.97. The topological polar surface area (TPSA) is 3.88 Å². The Balaban J connectivity index is 1.88. The third-order valence-electron chi connectivity index (χ3n) is 6.14. The fraction of sp³-hybridized carbons (Fsp3) is 0.370. The largest absolute Gasteiger partial charge is 0.213 e. The van der Waals surface area contributed by atoms with E-state index >= 15 is 0 Å². The number of pyridine rings is 1. The molecule has 1 aliphatic rings. The molecule has 0 bridgehead atoms. The van der Waals surface area contributed by atoms with Gasteiger partial charge in [-0.05, 0) is 78.0 Å². The second-order valence-corrected chi connectivity index (χ2v) is 9.78. The molecule has 0 fully saturated rings. The van der Waals surface area contributed by atoms with Crippen LogP contribution in [0.2, 0.25) is 0 Å². The van der Waals surface area contributed by atoms with Gasteiger partial charge in [0.15, 0.2) is 6.20 Å². The number of nitrogens with zero attached hydrogens (tertiary/aromatic N) is 1. The Kier molecular flexibility index (Phi) is 4.45. The standard InChI is InChI=1S/C27H32N/c1-17-9-8-10-21-22-12-11-18(2)26(24(22)14-23(17)21)25-13-19(3)20(16-28(25)7)15-27(4,5)6/h8-13,16H,14-15H2,1-7H3/q+1. The molecule has 4 rings (SSSR count). The van der Waals surface area contributed by atoms with Gasteiger partial charge in [-0.15, -0.1) is 0 Å². The second kappa shape index (κ2) is 6.58. The third kappa shape index (κ3) is 3.17. The summed E-state index contributed by atoms with van der Waals surface area (Å²) in [6.45, 7) is 13.7. The van der Waals surface area contributed by atoms with Gasteiger partial charge in [0.05, 0.1) is 5.56 Å². The predicted octanol–water partition coefficient (Wildman–Crippen LogP) is 6.26. The highest BCUT2D eigenvalue weighted by Gasteiger charge is 2.28. The molecule has 1 aromatic heterocycles. The van der Waals surface area contributed by atoms with Crippen molar-refractivity contribution in [1.29, 1.82) is 0 Å². The molecule has 0 aliphatic heterocycles. The van der Waals surface area contributed by atoms with Crippen LogP contribution < -0.4 is 4.57 Å². The molecule has 1 aliphatic carbocycles. The molecule has 0 saturated heterocycles. The number of aromatic nitrogens is 1. The van der Waals surface area contributed by atoms with E-state index in [9.17, 15) is 0 Å². The molecular formula is C27H32N+. The van der Waals surface area contributed by atoms with Crippen molar-refractivity contribution < 1.29 is 4.57 Å². The van der Waals surface area contributed by atoms with Crippen LogP contribution >= 0.6 is 0 Å². The van der Waals surface area contributed by atoms with Gasteiger partial charge in [0.25, 0.3) is 0 Å². The van der Waals surface area contributed by atoms with Crippen molar-refractivity contribution in [2.24, 2.45) is 12.5 Å². The van der Waals surface area contributed by atoms with E-state index in [1.54, 1.807) is 0 Å². The van der Waals surface area contributed by atoms with E-state index in [4.69, 9.17) is 0 Å². The molecule has 0 N–H and O–H groups in total. The Bertz CT molecular complexity index is 1080. The summed E-state index contributed by atoms with van der Waals surface area (Å²) in [5, 5.41) is 0. The summed E-state index contributed by atoms with van der Waals surface area (Å²) in [5.41, 5.74) is 14.5. The van der Waals surface area contributed by atoms with Crippen LogP contribution in [-0.2, 0) is 19.9 Å². The summed E-state index contributed by atoms with van der Waals surface area (Å²) in [6, 6.07) is 13.7. The summed E-state index contributed by atoms with van der Waals surface area (Å²) >= 11 is 0. The minimum atomic E-state index is 0.294. The molecule has 0 amide bonds. The smallest absolute Gasteiger partial charge is 0.201 e. The molecule has 0 saturated carbocycles. The lowest BCUT2D eigenvalue weighted by molar-refractivity contribution is -0.660. The zero-order valence-electron chi connectivity index (χ0n) is 18.4. The van der Waals surface area contributed by atoms with E-state index in [-0.39, 0.29) is 0 Å². The van der Waals surface area contributed by atoms with E-state index in [0.29, 0.717) is 5.41 Å². The Morgan fingerprint density at radius 1 is 0.857 bits per heavy atom. The molecule has 1 heteroatoms. The number of aryl methyl sites for hydroxylation is 4. The maximum atomic E-state index is 2.40. The van der Waals surface area contributed by atoms with Crippen LogP contribution in [0.15, 0.2) is 42.6 Å². The molecule has 0 spiro atoms. The molecule has 28 heavy (non-hydrogen) atoms. The summed E-state index contributed by atoms with van der Waals surface area (Å²) in [5.74, 6) is 0. The lowest BCUT2D eigenvalue weighted by Gasteiger charge is -2.19. The van der Waals surface area contributed by atoms with Gasteiger partial charge in [-0.25, -0.2) is 4.57 Å². The second-order valence-electron chi connectivity index (χ2n) is 9.78. The van der Waals surface area contributed by atoms with Crippen LogP contribution in [-0.4, -0.2) is 0 Å². The molecule has 3 aromatic rings. The molecular weight excluding hydrogens is 338 g/mol. The highest BCUT2D eigenvalue weighted by atomic mass is 14.9. The summed E-state index contributed by atoms with van der Waals surface area (Å²) < 4.78 is 2.34. The van der Waals surface area contributed by atoms with Crippen molar-refractivity contribution in [2.75, 3.05) is 0 Å². The van der Waals surface area contributed by atoms with E-state index in [1.807, 2.05) is 0 Å². The summed E-state index contributed by atoms with van der Waals surface area (Å²) in [7, 11) is 2.20. The van der Waals surface area contributed by atoms with E-state index in [1.165, 1.54) is 55.8 Å². The maximum Gasteiger partial charge on any atom is 0.213 e. The van der Waals surface area contributed by atoms with Crippen LogP contribution in [0.3, 0.4) is 0 Å². The monoisotopic (exact) mass is 370 g/mol. The number of fused-ring (bicyclic) bond motifs is 3. The Morgan fingerprint density at radius 3 is 2.29 bits per heavy atom. The predicted molar refractivity (Wildman–Crippen MR) is 119 cm³/mol. The van der Waals surface area contributed by atoms with Crippen molar-refractivity contribution in [2.45, 2.75) is 54.4 Å². The van der Waals surface area contributed by atoms with Crippen molar-refractivity contribution >= 4 is 0 Å². The van der Waals surface area contributed by atoms with Gasteiger partial charge in [-0.1, -0.05) is 51.1 Å². The van der Waals surface area contributed by atoms with E-state index < -0.39 is 0 Å². The molecule has 0 unspecified atom stereocenters. The molecule has 2 aromatic carbocycles. The van der Waals surface area contributed by atoms with Gasteiger partial charge >= 0.3 is 0 Å². The summed E-state index contributed by atoms with van der Waals surface area (Å²) in [6.07, 6.45) is 4.49. The Morgan fingerprint density at radius 2 is 1.57 bits per heavy atom. The molecule has 1 heterocycles. The number of benzene rings is 2. The number of rotatable bonds is 2. The van der Waals surface area contributed by atoms with Crippen molar-refractivity contribution in [3.63, 3.8) is 0 Å². The van der Waals surface area contributed by atoms with Crippen LogP contribution in [0.25, 0.3) is 22.4 Å². The van der Waals surface area contributed by atoms with E-state index in [2.05, 4.69) is 95.8 Å². The molecule has 144 valence electrons. The molecule has 0 radical (unpaired) electrons. The highest BCUT2D eigenvalue weighted by Crippen LogP contribution is 2.43. The van der Waals surface area contributed by atoms with Gasteiger partial charge in [0.1, 0.15) is 7.05 Å². The third-order valence-corrected chi connectivity index (χ3v) is 6.14. The first-order valence-corrected chi connectivity index (χ1v) is 10.4. The van der Waals surface area contributed by atoms with Crippen molar-refractivity contribution in [1.82, 2.24) is 0 Å². The van der Waals surface area contributed by atoms with Crippen LogP contribution in [0.5, 0.6) is 0 Å². The lowest BCUT2D eigenvalue weighted by Crippen LogP contribution is -2.33. The fourth-order valence-corrected chi connectivity index (χ4v) is 4.73. The lowest BCUT2D eigenvalue weighted by atomic mass is 9.86. The molecule has 1 nitrogen and oxygen atoms in total. The van der Waals surface area contributed by atoms with Gasteiger partial charge in [0, 0.05) is 11.6 Å². The average molecular weight is 371 g/mol. The van der Waals surface area contributed by atoms with Gasteiger partial charge < -0.3 is 0 Å². The van der Waals surface area contributed by atoms with Gasteiger partial charge in [-0.3, -0.25) is 0 Å². The van der Waals surface area contributed by atoms with Gasteiger partial charge in [-0.2, -0.15) is 0 Å². The first-order valence-electron chi connectivity index (χ1n) is 10.4. The summed E-state index contributed by atoms with van der Waals surface area (Å²) in [4.78, 5) is 0. The zero-order valence-corrected chi connectivity index (χ0v) is 18.4. The van der Waals surface area contributed by atoms with Crippen LogP contribution in [0.1, 0.15) is 54.2 Å². The minimum absolute atomic E-state index is 0.294. The van der Waals surface area contributed by atoms with Crippen LogP contribution in [0, 0.1) is 26.2 Å². The Hall–Kier alpha value is -2.41. The number of hydrogen-bond donors (Lipinski definition) is 0. The maximum absolute atomic E-state index is 2.40. The SMILES string of the molecule is Cc1cc(-c2c(C)ccc3c2Cc2c(C)cccc2-3)[n+](C)cc1CC(C)(C)C. The minimum Gasteiger partial charge on any atom is -0.201 e. The first-order chi connectivity index (χ1) is 13.2. The van der Waals surface area contributed by atoms with Crippen LogP contribution in [0.4, 0.5) is 0 Å². The normalized spacial score (nSPS) is 12.8. The van der Waals surface area contributed by atoms with E-state index in [0.717, 1.165) is 12.8 Å². The van der Waals surface area contributed by atoms with Crippen molar-refractivity contribution in [3.05, 3.63) is 76.0 Å². The highest BCUT2D eigenvalue weighted by molar-refractivity contribution is 5.85. The fourth-order valence-electron chi connectivity index (χ4n) is 4.73.